The Morgan fingerprint density at radius 2 is 1.25 bits per heavy atom. The molecule has 0 saturated heterocycles. The summed E-state index contributed by atoms with van der Waals surface area (Å²) >= 11 is 5.12. The van der Waals surface area contributed by atoms with Gasteiger partial charge >= 0.3 is 0 Å². The van der Waals surface area contributed by atoms with E-state index in [0.29, 0.717) is 0 Å². The average Bonchev–Trinajstić information content (AvgIpc) is 0.918. The van der Waals surface area contributed by atoms with Crippen molar-refractivity contribution >= 4 is 32.5 Å². The second-order valence-corrected chi connectivity index (χ2v) is 1.57. The van der Waals surface area contributed by atoms with Crippen LogP contribution >= 0.6 is 32.5 Å². The van der Waals surface area contributed by atoms with E-state index in [-0.39, 0.29) is 38.2 Å². The molecule has 0 N–H and O–H groups in total. The van der Waals surface area contributed by atoms with Gasteiger partial charge in [0.25, 0.3) is 0 Å². The molecule has 1 nitrogen and oxygen atoms in total. The van der Waals surface area contributed by atoms with Crippen LogP contribution in [0.5, 0.6) is 0 Å². The first-order valence-electron chi connectivity index (χ1n) is 0.309. The van der Waals surface area contributed by atoms with Crippen LogP contribution in [-0.2, 0) is 2.92 Å². The standard InChI is InChI=1S/Br2O.Dy/c1-3-2;. The minimum Gasteiger partial charge on any atom is -0.230 e. The summed E-state index contributed by atoms with van der Waals surface area (Å²) in [6.45, 7) is 0. The molecule has 0 atom stereocenters. The Balaban J connectivity index is 0. The Labute approximate surface area is 72.4 Å². The van der Waals surface area contributed by atoms with Crippen molar-refractivity contribution in [2.24, 2.45) is 0 Å². The first-order valence-corrected chi connectivity index (χ1v) is 1.60. The molecule has 0 spiro atoms. The van der Waals surface area contributed by atoms with E-state index in [1.807, 2.05) is 0 Å². The zero-order valence-corrected chi connectivity index (χ0v) is 6.68. The summed E-state index contributed by atoms with van der Waals surface area (Å²) in [7, 11) is 0. The largest absolute Gasteiger partial charge is 0.230 e. The molecule has 0 aliphatic carbocycles. The van der Waals surface area contributed by atoms with Gasteiger partial charge in [-0.05, 0) is 0 Å². The zero-order valence-electron chi connectivity index (χ0n) is 1.48. The van der Waals surface area contributed by atoms with Crippen molar-refractivity contribution in [3.63, 3.8) is 0 Å². The van der Waals surface area contributed by atoms with Crippen LogP contribution in [0, 0.1) is 38.2 Å². The van der Waals surface area contributed by atoms with Gasteiger partial charge < -0.3 is 0 Å². The van der Waals surface area contributed by atoms with Gasteiger partial charge in [0.2, 0.25) is 0 Å². The van der Waals surface area contributed by atoms with Gasteiger partial charge in [0.15, 0.2) is 0 Å². The molecule has 0 heterocycles. The van der Waals surface area contributed by atoms with Crippen molar-refractivity contribution in [2.45, 2.75) is 0 Å². The molecule has 0 aromatic rings. The van der Waals surface area contributed by atoms with Crippen molar-refractivity contribution < 1.29 is 41.1 Å². The number of hydrogen-bond acceptors (Lipinski definition) is 1. The Morgan fingerprint density at radius 3 is 1.25 bits per heavy atom. The van der Waals surface area contributed by atoms with E-state index in [1.54, 1.807) is 0 Å². The van der Waals surface area contributed by atoms with E-state index in [0.717, 1.165) is 0 Å². The summed E-state index contributed by atoms with van der Waals surface area (Å²) < 4.78 is 3.88. The second kappa shape index (κ2) is 8.95. The normalized spacial score (nSPS) is 4.50. The van der Waals surface area contributed by atoms with Gasteiger partial charge in [-0.25, -0.2) is 2.92 Å². The monoisotopic (exact) mass is 338 g/mol. The summed E-state index contributed by atoms with van der Waals surface area (Å²) in [6, 6.07) is 0. The third-order valence-electron chi connectivity index (χ3n) is 0. The van der Waals surface area contributed by atoms with Crippen LogP contribution in [0.15, 0.2) is 0 Å². The van der Waals surface area contributed by atoms with E-state index in [1.165, 1.54) is 0 Å². The van der Waals surface area contributed by atoms with Gasteiger partial charge in [0.05, 0.1) is 0 Å². The molecule has 4 heavy (non-hydrogen) atoms. The Hall–Kier alpha value is 2.19. The van der Waals surface area contributed by atoms with Gasteiger partial charge in [0, 0.05) is 38.2 Å². The van der Waals surface area contributed by atoms with Gasteiger partial charge in [0.1, 0.15) is 32.5 Å². The minimum absolute atomic E-state index is 0. The van der Waals surface area contributed by atoms with Crippen molar-refractivity contribution in [1.29, 1.82) is 0 Å². The van der Waals surface area contributed by atoms with E-state index in [4.69, 9.17) is 0 Å². The quantitative estimate of drug-likeness (QED) is 0.652. The molecule has 0 aromatic carbocycles. The van der Waals surface area contributed by atoms with Crippen LogP contribution in [0.2, 0.25) is 0 Å². The average molecular weight is 338 g/mol. The summed E-state index contributed by atoms with van der Waals surface area (Å²) in [5, 5.41) is 0. The third kappa shape index (κ3) is 8.89. The molecular formula is Br2DyO. The van der Waals surface area contributed by atoms with Gasteiger partial charge in [-0.15, -0.1) is 0 Å². The third-order valence-corrected chi connectivity index (χ3v) is 0. The molecule has 0 rings (SSSR count). The fraction of sp³-hybridized carbons (Fsp3) is 0. The molecule has 30 valence electrons. The van der Waals surface area contributed by atoms with E-state index < -0.39 is 0 Å². The fourth-order valence-electron chi connectivity index (χ4n) is 0. The topological polar surface area (TPSA) is 9.23 Å². The van der Waals surface area contributed by atoms with Crippen LogP contribution in [0.25, 0.3) is 0 Å². The van der Waals surface area contributed by atoms with Gasteiger partial charge in [-0.2, -0.15) is 0 Å². The van der Waals surface area contributed by atoms with Crippen LogP contribution in [0.3, 0.4) is 0 Å². The molecule has 0 aromatic heterocycles. The first kappa shape index (κ1) is 9.50. The maximum atomic E-state index is 3.88. The predicted octanol–water partition coefficient (Wildman–Crippen LogP) is 1.62. The molecule has 0 aliphatic heterocycles. The first-order chi connectivity index (χ1) is 1.41. The van der Waals surface area contributed by atoms with Gasteiger partial charge in [-0.1, -0.05) is 0 Å². The van der Waals surface area contributed by atoms with Crippen LogP contribution in [0.4, 0.5) is 0 Å². The molecule has 0 saturated carbocycles. The molecular weight excluding hydrogens is 338 g/mol. The maximum Gasteiger partial charge on any atom is 0.115 e. The fourth-order valence-corrected chi connectivity index (χ4v) is 0. The van der Waals surface area contributed by atoms with E-state index >= 15 is 0 Å². The SMILES string of the molecule is BrOBr.[Dy]. The summed E-state index contributed by atoms with van der Waals surface area (Å²) in [4.78, 5) is 0. The molecule has 0 radical (unpaired) electrons. The predicted molar refractivity (Wildman–Crippen MR) is 18.9 cm³/mol. The zero-order chi connectivity index (χ0) is 2.71. The van der Waals surface area contributed by atoms with Crippen molar-refractivity contribution in [3.8, 4) is 0 Å². The molecule has 0 unspecified atom stereocenters. The van der Waals surface area contributed by atoms with E-state index in [9.17, 15) is 0 Å². The molecule has 0 aliphatic rings. The van der Waals surface area contributed by atoms with E-state index in [2.05, 4.69) is 35.4 Å². The Kier molecular flexibility index (Phi) is 21.3. The minimum atomic E-state index is 0. The van der Waals surface area contributed by atoms with Crippen LogP contribution in [-0.4, -0.2) is 0 Å². The number of rotatable bonds is 0. The number of hydrogen-bond donors (Lipinski definition) is 0. The van der Waals surface area contributed by atoms with Crippen molar-refractivity contribution in [3.05, 3.63) is 0 Å². The molecule has 4 heteroatoms. The van der Waals surface area contributed by atoms with Crippen molar-refractivity contribution in [1.82, 2.24) is 0 Å². The molecule has 0 bridgehead atoms. The molecule has 0 amide bonds. The second-order valence-electron chi connectivity index (χ2n) is 0.0583. The maximum absolute atomic E-state index is 3.88. The van der Waals surface area contributed by atoms with Crippen molar-refractivity contribution in [2.75, 3.05) is 0 Å². The Morgan fingerprint density at radius 1 is 1.25 bits per heavy atom. The summed E-state index contributed by atoms with van der Waals surface area (Å²) in [6.07, 6.45) is 0. The summed E-state index contributed by atoms with van der Waals surface area (Å²) in [5.41, 5.74) is 0. The van der Waals surface area contributed by atoms with Crippen LogP contribution in [0.1, 0.15) is 0 Å². The Bertz CT molecular complexity index is 6.00. The number of halogens is 2. The van der Waals surface area contributed by atoms with Gasteiger partial charge in [-0.3, -0.25) is 0 Å². The molecule has 0 fully saturated rings. The summed E-state index contributed by atoms with van der Waals surface area (Å²) in [5.74, 6) is 0. The smallest absolute Gasteiger partial charge is 0.115 e. The van der Waals surface area contributed by atoms with Crippen LogP contribution < -0.4 is 0 Å².